The molecule has 4 radical (unpaired) electrons. The van der Waals surface area contributed by atoms with Crippen LogP contribution in [0.1, 0.15) is 30.8 Å². The molecule has 0 saturated heterocycles. The monoisotopic (exact) mass is 235 g/mol. The number of rotatable bonds is 2. The Bertz CT molecular complexity index is 532. The van der Waals surface area contributed by atoms with Gasteiger partial charge in [-0.2, -0.15) is 0 Å². The highest BCUT2D eigenvalue weighted by atomic mass is 27.0. The summed E-state index contributed by atoms with van der Waals surface area (Å²) in [6.45, 7) is 10.1. The van der Waals surface area contributed by atoms with Crippen LogP contribution in [-0.4, -0.2) is 21.3 Å². The summed E-state index contributed by atoms with van der Waals surface area (Å²) in [4.78, 5) is 4.43. The van der Waals surface area contributed by atoms with Gasteiger partial charge in [0.25, 0.3) is 0 Å². The van der Waals surface area contributed by atoms with Crippen molar-refractivity contribution in [1.29, 1.82) is 0 Å². The van der Waals surface area contributed by atoms with Crippen LogP contribution in [0.25, 0.3) is 0 Å². The van der Waals surface area contributed by atoms with Crippen molar-refractivity contribution in [2.45, 2.75) is 19.3 Å². The topological polar surface area (TPSA) is 12.9 Å². The first-order valence-electron chi connectivity index (χ1n) is 5.60. The van der Waals surface area contributed by atoms with Gasteiger partial charge >= 0.3 is 0 Å². The van der Waals surface area contributed by atoms with Gasteiger partial charge in [0.05, 0.1) is 5.69 Å². The van der Waals surface area contributed by atoms with Gasteiger partial charge in [0, 0.05) is 18.0 Å². The Balaban J connectivity index is 2.53. The van der Waals surface area contributed by atoms with E-state index in [-0.39, 0.29) is 5.41 Å². The number of nitrogens with zero attached hydrogens (tertiary/aromatic N) is 1. The Labute approximate surface area is 111 Å². The second-order valence-electron chi connectivity index (χ2n) is 4.66. The van der Waals surface area contributed by atoms with Crippen LogP contribution in [0.4, 0.5) is 0 Å². The highest BCUT2D eigenvalue weighted by Gasteiger charge is 2.25. The molecule has 0 saturated carbocycles. The molecule has 1 nitrogen and oxygen atoms in total. The summed E-state index contributed by atoms with van der Waals surface area (Å²) in [6.07, 6.45) is 0. The normalized spacial score (nSPS) is 11.5. The molecule has 17 heavy (non-hydrogen) atoms. The van der Waals surface area contributed by atoms with E-state index >= 15 is 0 Å². The number of pyridine rings is 1. The average Bonchev–Trinajstić information content (AvgIpc) is 2.29. The van der Waals surface area contributed by atoms with Gasteiger partial charge in [0.1, 0.15) is 0 Å². The number of benzene rings is 1. The van der Waals surface area contributed by atoms with Gasteiger partial charge in [-0.3, -0.25) is 4.98 Å². The Morgan fingerprint density at radius 3 is 2.41 bits per heavy atom. The minimum Gasteiger partial charge on any atom is -0.257 e. The van der Waals surface area contributed by atoms with Crippen molar-refractivity contribution in [3.8, 4) is 0 Å². The maximum Gasteiger partial charge on any atom is 0.176 e. The number of hydrogen-bond acceptors (Lipinski definition) is 1. The van der Waals surface area contributed by atoms with Crippen LogP contribution in [0.2, 0.25) is 0 Å². The van der Waals surface area contributed by atoms with Crippen LogP contribution >= 0.6 is 0 Å². The summed E-state index contributed by atoms with van der Waals surface area (Å²) >= 11 is 2.78. The van der Waals surface area contributed by atoms with E-state index in [2.05, 4.69) is 53.3 Å². The van der Waals surface area contributed by atoms with Crippen molar-refractivity contribution < 1.29 is 0 Å². The van der Waals surface area contributed by atoms with E-state index in [1.54, 1.807) is 0 Å². The second kappa shape index (κ2) is 4.64. The predicted octanol–water partition coefficient (Wildman–Crippen LogP) is 2.26. The Hall–Kier alpha value is -1.10. The Kier molecular flexibility index (Phi) is 3.38. The first-order valence-corrected chi connectivity index (χ1v) is 6.17. The number of hydrogen-bond donors (Lipinski definition) is 0. The molecule has 0 N–H and O–H groups in total. The third-order valence-corrected chi connectivity index (χ3v) is 3.55. The molecule has 1 aromatic carbocycles. The van der Waals surface area contributed by atoms with E-state index in [0.717, 1.165) is 5.69 Å². The molecule has 2 heteroatoms. The van der Waals surface area contributed by atoms with Crippen molar-refractivity contribution in [1.82, 2.24) is 4.98 Å². The van der Waals surface area contributed by atoms with Crippen LogP contribution in [0.5, 0.6) is 0 Å². The molecule has 0 spiro atoms. The fraction of sp³-hybridized carbons (Fsp3) is 0.200. The molecule has 0 aliphatic rings. The zero-order valence-corrected chi connectivity index (χ0v) is 11.3. The fourth-order valence-electron chi connectivity index (χ4n) is 2.00. The van der Waals surface area contributed by atoms with Crippen molar-refractivity contribution in [3.63, 3.8) is 0 Å². The van der Waals surface area contributed by atoms with Crippen LogP contribution in [0.3, 0.4) is 0 Å². The summed E-state index contributed by atoms with van der Waals surface area (Å²) in [5, 5.41) is 0. The summed E-state index contributed by atoms with van der Waals surface area (Å²) in [5.74, 6) is 0. The lowest BCUT2D eigenvalue weighted by Crippen LogP contribution is -2.28. The summed E-state index contributed by atoms with van der Waals surface area (Å²) < 4.78 is 1.20. The third-order valence-electron chi connectivity index (χ3n) is 3.05. The largest absolute Gasteiger partial charge is 0.257 e. The molecule has 82 valence electrons. The molecule has 1 aromatic heterocycles. The molecule has 0 unspecified atom stereocenters. The minimum absolute atomic E-state index is 0.145. The van der Waals surface area contributed by atoms with E-state index in [4.69, 9.17) is 6.92 Å². The quantitative estimate of drug-likeness (QED) is 0.728. The smallest absolute Gasteiger partial charge is 0.176 e. The maximum absolute atomic E-state index is 5.76. The lowest BCUT2D eigenvalue weighted by molar-refractivity contribution is 0.619. The zero-order valence-electron chi connectivity index (χ0n) is 10.1. The first-order chi connectivity index (χ1) is 8.01. The first kappa shape index (κ1) is 12.4. The number of aromatic nitrogens is 1. The van der Waals surface area contributed by atoms with Crippen molar-refractivity contribution >= 4 is 20.7 Å². The Morgan fingerprint density at radius 2 is 1.76 bits per heavy atom. The van der Waals surface area contributed by atoms with E-state index < -0.39 is 0 Å². The van der Waals surface area contributed by atoms with Gasteiger partial charge in [0.2, 0.25) is 0 Å². The minimum atomic E-state index is -0.145. The molecule has 0 fully saturated rings. The molecular formula is C15H14AlN. The van der Waals surface area contributed by atoms with Gasteiger partial charge in [-0.05, 0) is 12.1 Å². The van der Waals surface area contributed by atoms with E-state index in [9.17, 15) is 0 Å². The summed E-state index contributed by atoms with van der Waals surface area (Å²) in [6, 6.07) is 14.1. The fourth-order valence-corrected chi connectivity index (χ4v) is 2.57. The Morgan fingerprint density at radius 1 is 1.06 bits per heavy atom. The molecule has 2 aromatic rings. The standard InChI is InChI=1S/C15H14N.Al/c1-12-8-7-11-14(16-12)15(2,3)13-9-5-4-6-10-13;/h1,4-9,11H,2-3H3;. The summed E-state index contributed by atoms with van der Waals surface area (Å²) in [5.41, 5.74) is 2.67. The van der Waals surface area contributed by atoms with E-state index in [1.807, 2.05) is 24.3 Å². The highest BCUT2D eigenvalue weighted by Crippen LogP contribution is 2.28. The average molecular weight is 235 g/mol. The molecule has 0 aliphatic carbocycles. The van der Waals surface area contributed by atoms with Gasteiger partial charge in [-0.15, -0.1) is 4.43 Å². The SMILES string of the molecule is [CH]c1cccc(C(C)(C)c2cccc[c]2[Al])n1. The van der Waals surface area contributed by atoms with Crippen molar-refractivity contribution in [2.75, 3.05) is 0 Å². The zero-order chi connectivity index (χ0) is 12.5. The van der Waals surface area contributed by atoms with Gasteiger partial charge in [-0.1, -0.05) is 49.7 Å². The lowest BCUT2D eigenvalue weighted by Gasteiger charge is -2.27. The predicted molar refractivity (Wildman–Crippen MR) is 71.6 cm³/mol. The van der Waals surface area contributed by atoms with Crippen LogP contribution in [-0.2, 0) is 5.41 Å². The van der Waals surface area contributed by atoms with E-state index in [1.165, 1.54) is 9.99 Å². The molecule has 0 bridgehead atoms. The second-order valence-corrected chi connectivity index (χ2v) is 5.28. The molecule has 0 atom stereocenters. The highest BCUT2D eigenvalue weighted by molar-refractivity contribution is 6.33. The molecular weight excluding hydrogens is 221 g/mol. The van der Waals surface area contributed by atoms with Gasteiger partial charge < -0.3 is 0 Å². The maximum atomic E-state index is 5.76. The van der Waals surface area contributed by atoms with Crippen LogP contribution in [0, 0.1) is 6.92 Å². The van der Waals surface area contributed by atoms with Crippen LogP contribution < -0.4 is 4.43 Å². The van der Waals surface area contributed by atoms with Gasteiger partial charge in [0.15, 0.2) is 16.3 Å². The lowest BCUT2D eigenvalue weighted by atomic mass is 9.81. The van der Waals surface area contributed by atoms with Crippen molar-refractivity contribution in [2.24, 2.45) is 0 Å². The third kappa shape index (κ3) is 2.44. The summed E-state index contributed by atoms with van der Waals surface area (Å²) in [7, 11) is 0. The molecule has 1 heterocycles. The molecule has 0 aliphatic heterocycles. The van der Waals surface area contributed by atoms with Gasteiger partial charge in [-0.25, -0.2) is 0 Å². The molecule has 0 amide bonds. The van der Waals surface area contributed by atoms with E-state index in [0.29, 0.717) is 5.69 Å². The van der Waals surface area contributed by atoms with Crippen molar-refractivity contribution in [3.05, 3.63) is 66.3 Å². The van der Waals surface area contributed by atoms with Crippen LogP contribution in [0.15, 0.2) is 42.5 Å². The molecule has 2 rings (SSSR count).